The largest absolute Gasteiger partial charge is 0.464 e. The van der Waals surface area contributed by atoms with E-state index in [1.165, 1.54) is 6.92 Å². The molecular weight excluding hydrogens is 257 g/mol. The molecule has 0 rings (SSSR count). The van der Waals surface area contributed by atoms with E-state index in [2.05, 4.69) is 14.0 Å². The molecule has 0 saturated heterocycles. The van der Waals surface area contributed by atoms with Crippen molar-refractivity contribution >= 4 is 41.0 Å². The Kier molecular flexibility index (Phi) is 6.36. The van der Waals surface area contributed by atoms with Gasteiger partial charge in [0.2, 0.25) is 0 Å². The van der Waals surface area contributed by atoms with Gasteiger partial charge in [-0.15, -0.1) is 0 Å². The number of carbonyl (C=O) groups excluding carboxylic acids is 2. The molecule has 0 saturated carbocycles. The molecule has 0 heterocycles. The van der Waals surface area contributed by atoms with Gasteiger partial charge in [0.05, 0.1) is 18.9 Å². The van der Waals surface area contributed by atoms with Gasteiger partial charge < -0.3 is 9.47 Å². The fourth-order valence-electron chi connectivity index (χ4n) is 0.898. The predicted molar refractivity (Wildman–Crippen MR) is 60.8 cm³/mol. The van der Waals surface area contributed by atoms with Crippen LogP contribution in [0.3, 0.4) is 0 Å². The Hall–Kier alpha value is -0.810. The van der Waals surface area contributed by atoms with E-state index in [0.29, 0.717) is 0 Å². The van der Waals surface area contributed by atoms with E-state index in [9.17, 15) is 9.59 Å². The lowest BCUT2D eigenvalue weighted by atomic mass is 10.0. The summed E-state index contributed by atoms with van der Waals surface area (Å²) in [6, 6.07) is 0. The topological polar surface area (TPSA) is 65.0 Å². The summed E-state index contributed by atoms with van der Waals surface area (Å²) in [7, 11) is 0. The molecule has 0 aliphatic rings. The Morgan fingerprint density at radius 1 is 1.19 bits per heavy atom. The van der Waals surface area contributed by atoms with Crippen molar-refractivity contribution < 1.29 is 19.1 Å². The zero-order valence-electron chi connectivity index (χ0n) is 9.25. The van der Waals surface area contributed by atoms with Crippen LogP contribution in [0.1, 0.15) is 20.8 Å². The number of nitrogens with zero attached hydrogens (tertiary/aromatic N) is 1. The molecule has 0 bridgehead atoms. The molecule has 0 aliphatic carbocycles. The number of alkyl halides is 1. The predicted octanol–water partition coefficient (Wildman–Crippen LogP) is 1.70. The summed E-state index contributed by atoms with van der Waals surface area (Å²) in [6.45, 7) is 4.69. The van der Waals surface area contributed by atoms with Gasteiger partial charge in [-0.2, -0.15) is 4.51 Å². The van der Waals surface area contributed by atoms with Crippen LogP contribution in [0.5, 0.6) is 0 Å². The summed E-state index contributed by atoms with van der Waals surface area (Å²) in [5, 5.41) is 0. The van der Waals surface area contributed by atoms with Gasteiger partial charge in [0.15, 0.2) is 0 Å². The van der Waals surface area contributed by atoms with Crippen LogP contribution in [0.4, 0.5) is 0 Å². The standard InChI is InChI=1S/C9H13Cl2NO4/c1-4-15-7(13)9(10,6(3)12-11)8(14)16-5-2/h4-5H2,1-3H3/b12-6+. The third-order valence-electron chi connectivity index (χ3n) is 1.74. The summed E-state index contributed by atoms with van der Waals surface area (Å²) >= 11 is 11.1. The zero-order chi connectivity index (χ0) is 12.8. The SMILES string of the molecule is CCOC(=O)C(Cl)(C(=O)OCC)/C(C)=N/Cl. The summed E-state index contributed by atoms with van der Waals surface area (Å²) in [5.41, 5.74) is -0.0901. The molecule has 16 heavy (non-hydrogen) atoms. The van der Waals surface area contributed by atoms with Gasteiger partial charge in [-0.1, -0.05) is 11.6 Å². The maximum absolute atomic E-state index is 11.6. The van der Waals surface area contributed by atoms with Crippen LogP contribution in [0.15, 0.2) is 4.51 Å². The maximum atomic E-state index is 11.6. The highest BCUT2D eigenvalue weighted by Crippen LogP contribution is 2.23. The number of ether oxygens (including phenoxy) is 2. The Balaban J connectivity index is 5.19. The van der Waals surface area contributed by atoms with Crippen molar-refractivity contribution in [3.05, 3.63) is 0 Å². The number of esters is 2. The first-order valence-electron chi connectivity index (χ1n) is 4.64. The van der Waals surface area contributed by atoms with E-state index in [0.717, 1.165) is 0 Å². The molecular formula is C9H13Cl2NO4. The lowest BCUT2D eigenvalue weighted by molar-refractivity contribution is -0.155. The van der Waals surface area contributed by atoms with E-state index in [4.69, 9.17) is 23.4 Å². The van der Waals surface area contributed by atoms with Crippen LogP contribution < -0.4 is 0 Å². The lowest BCUT2D eigenvalue weighted by Gasteiger charge is -2.21. The highest BCUT2D eigenvalue weighted by atomic mass is 35.5. The highest BCUT2D eigenvalue weighted by Gasteiger charge is 2.50. The fourth-order valence-corrected chi connectivity index (χ4v) is 1.22. The van der Waals surface area contributed by atoms with E-state index in [1.807, 2.05) is 0 Å². The number of carbonyl (C=O) groups is 2. The van der Waals surface area contributed by atoms with Crippen molar-refractivity contribution in [3.63, 3.8) is 0 Å². The second-order valence-electron chi connectivity index (χ2n) is 2.77. The van der Waals surface area contributed by atoms with Gasteiger partial charge in [-0.05, 0) is 20.8 Å². The monoisotopic (exact) mass is 269 g/mol. The van der Waals surface area contributed by atoms with Crippen molar-refractivity contribution in [3.8, 4) is 0 Å². The van der Waals surface area contributed by atoms with Gasteiger partial charge in [0.1, 0.15) is 0 Å². The summed E-state index contributed by atoms with van der Waals surface area (Å²) < 4.78 is 12.6. The van der Waals surface area contributed by atoms with Crippen LogP contribution in [0, 0.1) is 0 Å². The first kappa shape index (κ1) is 15.2. The summed E-state index contributed by atoms with van der Waals surface area (Å²) in [4.78, 5) is 21.1. The van der Waals surface area contributed by atoms with Gasteiger partial charge in [0, 0.05) is 11.8 Å². The Morgan fingerprint density at radius 3 is 1.81 bits per heavy atom. The van der Waals surface area contributed by atoms with Crippen LogP contribution in [0.25, 0.3) is 0 Å². The lowest BCUT2D eigenvalue weighted by Crippen LogP contribution is -2.49. The minimum Gasteiger partial charge on any atom is -0.464 e. The molecule has 0 aromatic heterocycles. The molecule has 0 atom stereocenters. The van der Waals surface area contributed by atoms with Gasteiger partial charge in [-0.3, -0.25) is 0 Å². The molecule has 0 spiro atoms. The second kappa shape index (κ2) is 6.70. The quantitative estimate of drug-likeness (QED) is 0.330. The van der Waals surface area contributed by atoms with Crippen LogP contribution in [0.2, 0.25) is 0 Å². The van der Waals surface area contributed by atoms with E-state index in [-0.39, 0.29) is 18.9 Å². The molecule has 0 aromatic carbocycles. The van der Waals surface area contributed by atoms with E-state index >= 15 is 0 Å². The number of rotatable bonds is 5. The van der Waals surface area contributed by atoms with Crippen molar-refractivity contribution in [2.45, 2.75) is 25.6 Å². The minimum absolute atomic E-state index is 0.0856. The van der Waals surface area contributed by atoms with Crippen molar-refractivity contribution in [1.82, 2.24) is 0 Å². The smallest absolute Gasteiger partial charge is 0.344 e. The summed E-state index contributed by atoms with van der Waals surface area (Å²) in [5.74, 6) is -1.89. The third kappa shape index (κ3) is 3.09. The van der Waals surface area contributed by atoms with Gasteiger partial charge >= 0.3 is 11.9 Å². The molecule has 0 radical (unpaired) electrons. The maximum Gasteiger partial charge on any atom is 0.344 e. The summed E-state index contributed by atoms with van der Waals surface area (Å²) in [6.07, 6.45) is 0. The minimum atomic E-state index is -2.10. The first-order valence-corrected chi connectivity index (χ1v) is 5.36. The first-order chi connectivity index (χ1) is 7.44. The molecule has 5 nitrogen and oxygen atoms in total. The molecule has 0 N–H and O–H groups in total. The molecule has 92 valence electrons. The van der Waals surface area contributed by atoms with Crippen LogP contribution >= 0.6 is 23.4 Å². The van der Waals surface area contributed by atoms with E-state index < -0.39 is 16.8 Å². The molecule has 7 heteroatoms. The molecule has 0 unspecified atom stereocenters. The van der Waals surface area contributed by atoms with Gasteiger partial charge in [-0.25, -0.2) is 9.59 Å². The molecule has 0 aromatic rings. The average Bonchev–Trinajstić information content (AvgIpc) is 2.27. The average molecular weight is 270 g/mol. The number of hydrogen-bond donors (Lipinski definition) is 0. The van der Waals surface area contributed by atoms with Crippen molar-refractivity contribution in [1.29, 1.82) is 0 Å². The van der Waals surface area contributed by atoms with Crippen molar-refractivity contribution in [2.75, 3.05) is 13.2 Å². The van der Waals surface area contributed by atoms with Crippen LogP contribution in [-0.4, -0.2) is 35.7 Å². The molecule has 0 fully saturated rings. The van der Waals surface area contributed by atoms with Crippen molar-refractivity contribution in [2.24, 2.45) is 4.51 Å². The zero-order valence-corrected chi connectivity index (χ0v) is 10.8. The van der Waals surface area contributed by atoms with Gasteiger partial charge in [0.25, 0.3) is 4.87 Å². The molecule has 0 amide bonds. The fraction of sp³-hybridized carbons (Fsp3) is 0.667. The Labute approximate surface area is 104 Å². The third-order valence-corrected chi connectivity index (χ3v) is 2.57. The number of hydrogen-bond acceptors (Lipinski definition) is 5. The number of halogens is 2. The molecule has 0 aliphatic heterocycles. The highest BCUT2D eigenvalue weighted by molar-refractivity contribution is 6.57. The normalized spacial score (nSPS) is 12.2. The van der Waals surface area contributed by atoms with E-state index in [1.54, 1.807) is 13.8 Å². The Bertz CT molecular complexity index is 286. The van der Waals surface area contributed by atoms with Crippen LogP contribution in [-0.2, 0) is 19.1 Å². The Morgan fingerprint density at radius 2 is 1.56 bits per heavy atom. The second-order valence-corrected chi connectivity index (χ2v) is 3.51.